The zero-order valence-electron chi connectivity index (χ0n) is 16.7. The molecule has 1 atom stereocenters. The van der Waals surface area contributed by atoms with Crippen LogP contribution in [0, 0.1) is 5.82 Å². The van der Waals surface area contributed by atoms with E-state index in [0.29, 0.717) is 5.75 Å². The van der Waals surface area contributed by atoms with Crippen LogP contribution in [0.15, 0.2) is 42.5 Å². The summed E-state index contributed by atoms with van der Waals surface area (Å²) in [5, 5.41) is 2.57. The lowest BCUT2D eigenvalue weighted by Crippen LogP contribution is -2.43. The first-order valence-electron chi connectivity index (χ1n) is 9.12. The number of likely N-dealkylation sites (N-methyl/N-ethyl adjacent to an activating group) is 1. The molecule has 4 amide bonds. The van der Waals surface area contributed by atoms with Crippen LogP contribution >= 0.6 is 11.6 Å². The van der Waals surface area contributed by atoms with Crippen molar-refractivity contribution in [1.82, 2.24) is 15.1 Å². The molecule has 158 valence electrons. The van der Waals surface area contributed by atoms with Crippen molar-refractivity contribution in [2.45, 2.75) is 19.0 Å². The lowest BCUT2D eigenvalue weighted by atomic mass is 9.92. The van der Waals surface area contributed by atoms with E-state index in [1.807, 2.05) is 12.1 Å². The molecular weight excluding hydrogens is 413 g/mol. The predicted molar refractivity (Wildman–Crippen MR) is 108 cm³/mol. The van der Waals surface area contributed by atoms with Crippen molar-refractivity contribution in [3.05, 3.63) is 64.4 Å². The first-order chi connectivity index (χ1) is 14.2. The zero-order valence-corrected chi connectivity index (χ0v) is 17.5. The van der Waals surface area contributed by atoms with Gasteiger partial charge in [0.05, 0.1) is 7.11 Å². The minimum atomic E-state index is -1.49. The molecule has 1 unspecified atom stereocenters. The fourth-order valence-corrected chi connectivity index (χ4v) is 3.66. The highest BCUT2D eigenvalue weighted by Gasteiger charge is 2.50. The molecule has 1 saturated heterocycles. The zero-order chi connectivity index (χ0) is 22.1. The van der Waals surface area contributed by atoms with Crippen LogP contribution in [0.4, 0.5) is 9.18 Å². The van der Waals surface area contributed by atoms with Crippen LogP contribution in [0.5, 0.6) is 5.75 Å². The number of methoxy groups -OCH3 is 1. The quantitative estimate of drug-likeness (QED) is 0.710. The SMILES string of the molecule is COc1cccc(CN(C)C(=O)CN2C(=O)NC(C)(c3ccc(F)cc3Cl)C2=O)c1. The number of carbonyl (C=O) groups is 3. The monoisotopic (exact) mass is 433 g/mol. The Hall–Kier alpha value is -3.13. The first-order valence-corrected chi connectivity index (χ1v) is 9.50. The van der Waals surface area contributed by atoms with Gasteiger partial charge in [-0.05, 0) is 36.8 Å². The highest BCUT2D eigenvalue weighted by atomic mass is 35.5. The molecular formula is C21H21ClFN3O4. The summed E-state index contributed by atoms with van der Waals surface area (Å²) in [4.78, 5) is 40.3. The van der Waals surface area contributed by atoms with Gasteiger partial charge in [0.25, 0.3) is 5.91 Å². The summed E-state index contributed by atoms with van der Waals surface area (Å²) in [6, 6.07) is 10.1. The van der Waals surface area contributed by atoms with Gasteiger partial charge in [-0.25, -0.2) is 9.18 Å². The van der Waals surface area contributed by atoms with Crippen LogP contribution in [0.1, 0.15) is 18.1 Å². The molecule has 30 heavy (non-hydrogen) atoms. The van der Waals surface area contributed by atoms with Crippen molar-refractivity contribution in [2.75, 3.05) is 20.7 Å². The highest BCUT2D eigenvalue weighted by molar-refractivity contribution is 6.32. The van der Waals surface area contributed by atoms with Crippen molar-refractivity contribution in [3.63, 3.8) is 0 Å². The molecule has 7 nitrogen and oxygen atoms in total. The van der Waals surface area contributed by atoms with E-state index in [4.69, 9.17) is 16.3 Å². The minimum absolute atomic E-state index is 0.00877. The Labute approximate surface area is 178 Å². The summed E-state index contributed by atoms with van der Waals surface area (Å²) >= 11 is 6.08. The molecule has 1 aliphatic rings. The number of imide groups is 1. The van der Waals surface area contributed by atoms with Gasteiger partial charge in [-0.3, -0.25) is 14.5 Å². The van der Waals surface area contributed by atoms with Gasteiger partial charge in [0.15, 0.2) is 0 Å². The molecule has 1 heterocycles. The first kappa shape index (κ1) is 21.6. The Bertz CT molecular complexity index is 1020. The second kappa shape index (κ2) is 8.31. The smallest absolute Gasteiger partial charge is 0.325 e. The highest BCUT2D eigenvalue weighted by Crippen LogP contribution is 2.34. The number of benzene rings is 2. The lowest BCUT2D eigenvalue weighted by molar-refractivity contribution is -0.138. The summed E-state index contributed by atoms with van der Waals surface area (Å²) in [5.74, 6) is -0.954. The average molecular weight is 434 g/mol. The molecule has 0 radical (unpaired) electrons. The van der Waals surface area contributed by atoms with E-state index in [9.17, 15) is 18.8 Å². The van der Waals surface area contributed by atoms with Crippen LogP contribution in [-0.2, 0) is 21.7 Å². The summed E-state index contributed by atoms with van der Waals surface area (Å²) < 4.78 is 18.5. The van der Waals surface area contributed by atoms with Gasteiger partial charge in [0.2, 0.25) is 5.91 Å². The van der Waals surface area contributed by atoms with E-state index in [2.05, 4.69) is 5.32 Å². The van der Waals surface area contributed by atoms with Crippen molar-refractivity contribution in [3.8, 4) is 5.75 Å². The third-order valence-corrected chi connectivity index (χ3v) is 5.33. The van der Waals surface area contributed by atoms with Crippen LogP contribution in [0.2, 0.25) is 5.02 Å². The number of urea groups is 1. The Morgan fingerprint density at radius 3 is 2.67 bits per heavy atom. The number of halogens is 2. The molecule has 2 aromatic carbocycles. The molecule has 1 fully saturated rings. The number of hydrogen-bond donors (Lipinski definition) is 1. The third kappa shape index (κ3) is 4.09. The Kier molecular flexibility index (Phi) is 5.98. The van der Waals surface area contributed by atoms with Gasteiger partial charge in [0.1, 0.15) is 23.7 Å². The molecule has 3 rings (SSSR count). The maximum Gasteiger partial charge on any atom is 0.325 e. The topological polar surface area (TPSA) is 79.0 Å². The maximum atomic E-state index is 13.4. The van der Waals surface area contributed by atoms with E-state index in [-0.39, 0.29) is 17.1 Å². The molecule has 0 aliphatic carbocycles. The predicted octanol–water partition coefficient (Wildman–Crippen LogP) is 2.91. The van der Waals surface area contributed by atoms with E-state index < -0.39 is 35.7 Å². The summed E-state index contributed by atoms with van der Waals surface area (Å²) in [6.45, 7) is 1.32. The minimum Gasteiger partial charge on any atom is -0.497 e. The number of rotatable bonds is 6. The molecule has 0 saturated carbocycles. The van der Waals surface area contributed by atoms with Crippen LogP contribution < -0.4 is 10.1 Å². The van der Waals surface area contributed by atoms with Gasteiger partial charge in [-0.1, -0.05) is 29.8 Å². The largest absolute Gasteiger partial charge is 0.497 e. The molecule has 2 aromatic rings. The molecule has 0 aromatic heterocycles. The van der Waals surface area contributed by atoms with Gasteiger partial charge < -0.3 is 15.0 Å². The fraction of sp³-hybridized carbons (Fsp3) is 0.286. The van der Waals surface area contributed by atoms with Gasteiger partial charge >= 0.3 is 6.03 Å². The number of hydrogen-bond acceptors (Lipinski definition) is 4. The Morgan fingerprint density at radius 2 is 2.00 bits per heavy atom. The maximum absolute atomic E-state index is 13.4. The van der Waals surface area contributed by atoms with E-state index in [0.717, 1.165) is 22.6 Å². The lowest BCUT2D eigenvalue weighted by Gasteiger charge is -2.24. The summed E-state index contributed by atoms with van der Waals surface area (Å²) in [6.07, 6.45) is 0. The van der Waals surface area contributed by atoms with Crippen LogP contribution in [-0.4, -0.2) is 48.3 Å². The second-order valence-electron chi connectivity index (χ2n) is 7.17. The number of carbonyl (C=O) groups excluding carboxylic acids is 3. The molecule has 0 spiro atoms. The Morgan fingerprint density at radius 1 is 1.27 bits per heavy atom. The van der Waals surface area contributed by atoms with E-state index in [1.165, 1.54) is 17.9 Å². The van der Waals surface area contributed by atoms with Crippen molar-refractivity contribution in [2.24, 2.45) is 0 Å². The number of nitrogens with zero attached hydrogens (tertiary/aromatic N) is 2. The van der Waals surface area contributed by atoms with Crippen LogP contribution in [0.25, 0.3) is 0 Å². The van der Waals surface area contributed by atoms with Gasteiger partial charge in [0, 0.05) is 24.2 Å². The van der Waals surface area contributed by atoms with Crippen molar-refractivity contribution in [1.29, 1.82) is 0 Å². The molecule has 1 aliphatic heterocycles. The van der Waals surface area contributed by atoms with Gasteiger partial charge in [-0.15, -0.1) is 0 Å². The molecule has 1 N–H and O–H groups in total. The van der Waals surface area contributed by atoms with E-state index >= 15 is 0 Å². The molecule has 9 heteroatoms. The third-order valence-electron chi connectivity index (χ3n) is 5.02. The summed E-state index contributed by atoms with van der Waals surface area (Å²) in [5.41, 5.74) is -0.401. The second-order valence-corrected chi connectivity index (χ2v) is 7.58. The number of ether oxygens (including phenoxy) is 1. The number of amides is 4. The van der Waals surface area contributed by atoms with E-state index in [1.54, 1.807) is 26.3 Å². The summed E-state index contributed by atoms with van der Waals surface area (Å²) in [7, 11) is 3.13. The molecule has 0 bridgehead atoms. The normalized spacial score (nSPS) is 18.4. The Balaban J connectivity index is 1.73. The van der Waals surface area contributed by atoms with Crippen LogP contribution in [0.3, 0.4) is 0 Å². The van der Waals surface area contributed by atoms with Crippen molar-refractivity contribution < 1.29 is 23.5 Å². The van der Waals surface area contributed by atoms with Gasteiger partial charge in [-0.2, -0.15) is 0 Å². The average Bonchev–Trinajstić information content (AvgIpc) is 2.91. The standard InChI is InChI=1S/C21H21ClFN3O4/c1-21(16-8-7-14(23)10-17(16)22)19(28)26(20(29)24-21)12-18(27)25(2)11-13-5-4-6-15(9-13)30-3/h4-10H,11-12H2,1-3H3,(H,24,29). The number of nitrogens with one attached hydrogen (secondary N) is 1. The fourth-order valence-electron chi connectivity index (χ4n) is 3.31. The van der Waals surface area contributed by atoms with Crippen molar-refractivity contribution >= 4 is 29.4 Å².